The second-order valence-electron chi connectivity index (χ2n) is 6.59. The fraction of sp³-hybridized carbons (Fsp3) is 0.429. The number of carbonyl (C=O) groups excluding carboxylic acids is 1. The quantitative estimate of drug-likeness (QED) is 0.274. The van der Waals surface area contributed by atoms with Crippen molar-refractivity contribution in [1.82, 2.24) is 9.62 Å². The number of sulfonamides is 1. The van der Waals surface area contributed by atoms with Crippen LogP contribution in [0.4, 0.5) is 5.69 Å². The smallest absolute Gasteiger partial charge is 0.243 e. The predicted octanol–water partition coefficient (Wildman–Crippen LogP) is 4.22. The van der Waals surface area contributed by atoms with E-state index in [2.05, 4.69) is 30.7 Å². The molecule has 0 aliphatic carbocycles. The Balaban J connectivity index is 2.60. The Bertz CT molecular complexity index is 780. The fourth-order valence-electron chi connectivity index (χ4n) is 2.66. The van der Waals surface area contributed by atoms with Gasteiger partial charge < -0.3 is 10.6 Å². The normalized spacial score (nSPS) is 11.1. The van der Waals surface area contributed by atoms with E-state index in [-0.39, 0.29) is 29.0 Å². The number of rotatable bonds is 13. The minimum absolute atomic E-state index is 0.123. The Kier molecular flexibility index (Phi) is 11.4. The third-order valence-electron chi connectivity index (χ3n) is 4.18. The second kappa shape index (κ2) is 13.2. The fourth-order valence-corrected chi connectivity index (χ4v) is 4.27. The molecule has 0 unspecified atom stereocenters. The highest BCUT2D eigenvalue weighted by Crippen LogP contribution is 2.18. The van der Waals surface area contributed by atoms with Gasteiger partial charge in [-0.15, -0.1) is 13.2 Å². The molecule has 1 rings (SSSR count). The van der Waals surface area contributed by atoms with Crippen molar-refractivity contribution >= 4 is 38.9 Å². The Morgan fingerprint density at radius 1 is 1.07 bits per heavy atom. The van der Waals surface area contributed by atoms with E-state index in [0.29, 0.717) is 12.1 Å². The number of carbonyl (C=O) groups is 1. The van der Waals surface area contributed by atoms with Crippen LogP contribution in [0.25, 0.3) is 0 Å². The van der Waals surface area contributed by atoms with E-state index in [1.165, 1.54) is 41.4 Å². The van der Waals surface area contributed by atoms with Crippen LogP contribution in [-0.2, 0) is 14.8 Å². The lowest BCUT2D eigenvalue weighted by Gasteiger charge is -2.19. The Morgan fingerprint density at radius 3 is 2.21 bits per heavy atom. The molecule has 0 aliphatic rings. The summed E-state index contributed by atoms with van der Waals surface area (Å²) in [7, 11) is -3.65. The average Bonchev–Trinajstić information content (AvgIpc) is 2.68. The predicted molar refractivity (Wildman–Crippen MR) is 123 cm³/mol. The molecule has 160 valence electrons. The molecule has 0 aliphatic heterocycles. The molecule has 0 saturated heterocycles. The van der Waals surface area contributed by atoms with Gasteiger partial charge in [-0.1, -0.05) is 44.8 Å². The van der Waals surface area contributed by atoms with Crippen LogP contribution in [0, 0.1) is 0 Å². The third-order valence-corrected chi connectivity index (χ3v) is 6.23. The Morgan fingerprint density at radius 2 is 1.66 bits per heavy atom. The highest BCUT2D eigenvalue weighted by Gasteiger charge is 2.22. The van der Waals surface area contributed by atoms with Crippen LogP contribution < -0.4 is 10.6 Å². The van der Waals surface area contributed by atoms with Gasteiger partial charge in [0.25, 0.3) is 0 Å². The summed E-state index contributed by atoms with van der Waals surface area (Å²) in [5.74, 6) is -0.123. The summed E-state index contributed by atoms with van der Waals surface area (Å²) in [4.78, 5) is 12.1. The van der Waals surface area contributed by atoms with Crippen LogP contribution in [0.3, 0.4) is 0 Å². The van der Waals surface area contributed by atoms with Crippen LogP contribution in [0.15, 0.2) is 54.5 Å². The van der Waals surface area contributed by atoms with E-state index >= 15 is 0 Å². The molecule has 8 heteroatoms. The summed E-state index contributed by atoms with van der Waals surface area (Å²) in [5.41, 5.74) is 0.594. The number of anilines is 1. The van der Waals surface area contributed by atoms with Gasteiger partial charge in [0, 0.05) is 25.2 Å². The molecule has 0 fully saturated rings. The van der Waals surface area contributed by atoms with Gasteiger partial charge in [-0.3, -0.25) is 4.79 Å². The van der Waals surface area contributed by atoms with Crippen molar-refractivity contribution in [3.63, 3.8) is 0 Å². The SMILES string of the molecule is C=CCN(CC=C)S(=O)(=O)c1ccc(NC(=S)NC(=O)CCCCCCC)cc1. The molecule has 2 N–H and O–H groups in total. The first-order chi connectivity index (χ1) is 13.8. The monoisotopic (exact) mass is 437 g/mol. The maximum atomic E-state index is 12.7. The first-order valence-corrected chi connectivity index (χ1v) is 11.6. The Labute approximate surface area is 180 Å². The molecule has 0 radical (unpaired) electrons. The average molecular weight is 438 g/mol. The number of amides is 1. The van der Waals surface area contributed by atoms with E-state index in [4.69, 9.17) is 12.2 Å². The van der Waals surface area contributed by atoms with Crippen molar-refractivity contribution in [3.05, 3.63) is 49.6 Å². The van der Waals surface area contributed by atoms with Crippen molar-refractivity contribution in [3.8, 4) is 0 Å². The molecular weight excluding hydrogens is 406 g/mol. The molecule has 29 heavy (non-hydrogen) atoms. The van der Waals surface area contributed by atoms with Crippen LogP contribution >= 0.6 is 12.2 Å². The Hall–Kier alpha value is -2.03. The zero-order valence-corrected chi connectivity index (χ0v) is 18.7. The largest absolute Gasteiger partial charge is 0.332 e. The highest BCUT2D eigenvalue weighted by atomic mass is 32.2. The highest BCUT2D eigenvalue weighted by molar-refractivity contribution is 7.89. The third kappa shape index (κ3) is 8.89. The first-order valence-electron chi connectivity index (χ1n) is 9.78. The van der Waals surface area contributed by atoms with Gasteiger partial charge in [0.05, 0.1) is 4.90 Å². The maximum absolute atomic E-state index is 12.7. The number of unbranched alkanes of at least 4 members (excludes halogenated alkanes) is 4. The van der Waals surface area contributed by atoms with Gasteiger partial charge in [-0.05, 0) is 42.9 Å². The van der Waals surface area contributed by atoms with Crippen LogP contribution in [0.2, 0.25) is 0 Å². The van der Waals surface area contributed by atoms with Gasteiger partial charge in [-0.25, -0.2) is 8.42 Å². The summed E-state index contributed by atoms with van der Waals surface area (Å²) in [6, 6.07) is 6.20. The topological polar surface area (TPSA) is 78.5 Å². The summed E-state index contributed by atoms with van der Waals surface area (Å²) in [5, 5.41) is 5.74. The molecule has 0 atom stereocenters. The van der Waals surface area contributed by atoms with Gasteiger partial charge in [0.1, 0.15) is 0 Å². The number of nitrogens with one attached hydrogen (secondary N) is 2. The first kappa shape index (κ1) is 25.0. The molecule has 0 heterocycles. The number of hydrogen-bond donors (Lipinski definition) is 2. The van der Waals surface area contributed by atoms with Gasteiger partial charge >= 0.3 is 0 Å². The molecule has 1 aromatic rings. The number of nitrogens with zero attached hydrogens (tertiary/aromatic N) is 1. The molecule has 1 amide bonds. The maximum Gasteiger partial charge on any atom is 0.243 e. The zero-order chi connectivity index (χ0) is 21.7. The molecule has 6 nitrogen and oxygen atoms in total. The van der Waals surface area contributed by atoms with E-state index in [1.807, 2.05) is 0 Å². The van der Waals surface area contributed by atoms with E-state index < -0.39 is 10.0 Å². The summed E-state index contributed by atoms with van der Waals surface area (Å²) in [6.07, 6.45) is 8.86. The molecule has 1 aromatic carbocycles. The molecule has 0 saturated carbocycles. The standard InChI is InChI=1S/C21H31N3O3S2/c1-4-7-8-9-10-11-20(25)23-21(28)22-18-12-14-19(15-13-18)29(26,27)24(16-5-2)17-6-3/h5-6,12-15H,2-4,7-11,16-17H2,1H3,(H2,22,23,25,28). The van der Waals surface area contributed by atoms with Crippen molar-refractivity contribution in [2.75, 3.05) is 18.4 Å². The number of thiocarbonyl (C=S) groups is 1. The lowest BCUT2D eigenvalue weighted by molar-refractivity contribution is -0.119. The van der Waals surface area contributed by atoms with E-state index in [1.54, 1.807) is 12.1 Å². The summed E-state index contributed by atoms with van der Waals surface area (Å²) >= 11 is 5.16. The van der Waals surface area contributed by atoms with Crippen LogP contribution in [-0.4, -0.2) is 36.8 Å². The summed E-state index contributed by atoms with van der Waals surface area (Å²) in [6.45, 7) is 9.73. The molecule has 0 aromatic heterocycles. The second-order valence-corrected chi connectivity index (χ2v) is 8.94. The molecule has 0 bridgehead atoms. The van der Waals surface area contributed by atoms with Crippen molar-refractivity contribution in [2.45, 2.75) is 50.3 Å². The van der Waals surface area contributed by atoms with E-state index in [9.17, 15) is 13.2 Å². The van der Waals surface area contributed by atoms with Gasteiger partial charge in [-0.2, -0.15) is 4.31 Å². The minimum atomic E-state index is -3.65. The van der Waals surface area contributed by atoms with Crippen LogP contribution in [0.1, 0.15) is 45.4 Å². The van der Waals surface area contributed by atoms with Crippen molar-refractivity contribution < 1.29 is 13.2 Å². The minimum Gasteiger partial charge on any atom is -0.332 e. The number of benzene rings is 1. The lowest BCUT2D eigenvalue weighted by atomic mass is 10.1. The molecular formula is C21H31N3O3S2. The van der Waals surface area contributed by atoms with Crippen molar-refractivity contribution in [1.29, 1.82) is 0 Å². The molecule has 0 spiro atoms. The van der Waals surface area contributed by atoms with E-state index in [0.717, 1.165) is 19.3 Å². The number of hydrogen-bond acceptors (Lipinski definition) is 4. The van der Waals surface area contributed by atoms with Crippen LogP contribution in [0.5, 0.6) is 0 Å². The lowest BCUT2D eigenvalue weighted by Crippen LogP contribution is -2.34. The van der Waals surface area contributed by atoms with Gasteiger partial charge in [0.15, 0.2) is 5.11 Å². The zero-order valence-electron chi connectivity index (χ0n) is 17.0. The van der Waals surface area contributed by atoms with Crippen molar-refractivity contribution in [2.24, 2.45) is 0 Å². The summed E-state index contributed by atoms with van der Waals surface area (Å²) < 4.78 is 26.6. The van der Waals surface area contributed by atoms with Gasteiger partial charge in [0.2, 0.25) is 15.9 Å².